The lowest BCUT2D eigenvalue weighted by molar-refractivity contribution is -0.117. The molecule has 0 bridgehead atoms. The van der Waals surface area contributed by atoms with E-state index in [2.05, 4.69) is 15.4 Å². The smallest absolute Gasteiger partial charge is 0.319 e. The number of hydrogen-bond donors (Lipinski definition) is 3. The lowest BCUT2D eigenvalue weighted by atomic mass is 10.0. The van der Waals surface area contributed by atoms with Crippen LogP contribution in [-0.4, -0.2) is 33.9 Å². The van der Waals surface area contributed by atoms with Crippen LogP contribution < -0.4 is 20.1 Å². The molecule has 9 heteroatoms. The van der Waals surface area contributed by atoms with Crippen LogP contribution >= 0.6 is 0 Å². The maximum absolute atomic E-state index is 13.5. The Morgan fingerprint density at radius 1 is 0.946 bits per heavy atom. The Kier molecular flexibility index (Phi) is 9.82. The van der Waals surface area contributed by atoms with Gasteiger partial charge in [-0.1, -0.05) is 61.9 Å². The van der Waals surface area contributed by atoms with Crippen LogP contribution in [0.5, 0.6) is 5.75 Å². The number of amides is 2. The van der Waals surface area contributed by atoms with Crippen molar-refractivity contribution in [3.8, 4) is 16.9 Å². The Morgan fingerprint density at radius 2 is 1.68 bits per heavy atom. The van der Waals surface area contributed by atoms with E-state index in [0.29, 0.717) is 28.9 Å². The number of urea groups is 1. The van der Waals surface area contributed by atoms with E-state index in [4.69, 9.17) is 4.74 Å². The molecule has 8 nitrogen and oxygen atoms in total. The summed E-state index contributed by atoms with van der Waals surface area (Å²) >= 11 is 0. The molecule has 0 saturated carbocycles. The van der Waals surface area contributed by atoms with Gasteiger partial charge in [-0.2, -0.15) is 0 Å². The lowest BCUT2D eigenvalue weighted by Gasteiger charge is -2.20. The number of rotatable bonds is 12. The van der Waals surface area contributed by atoms with E-state index >= 15 is 0 Å². The van der Waals surface area contributed by atoms with Crippen molar-refractivity contribution in [2.75, 3.05) is 19.0 Å². The van der Waals surface area contributed by atoms with Crippen LogP contribution in [0.25, 0.3) is 11.1 Å². The van der Waals surface area contributed by atoms with Crippen molar-refractivity contribution in [2.24, 2.45) is 0 Å². The lowest BCUT2D eigenvalue weighted by Crippen LogP contribution is -2.30. The van der Waals surface area contributed by atoms with Gasteiger partial charge in [-0.25, -0.2) is 17.9 Å². The van der Waals surface area contributed by atoms with E-state index in [1.165, 1.54) is 20.1 Å². The molecule has 0 unspecified atom stereocenters. The van der Waals surface area contributed by atoms with Crippen LogP contribution in [0.1, 0.15) is 44.7 Å². The highest BCUT2D eigenvalue weighted by Crippen LogP contribution is 2.32. The number of carbonyl (C=O) groups excluding carboxylic acids is 2. The van der Waals surface area contributed by atoms with E-state index in [9.17, 15) is 18.0 Å². The van der Waals surface area contributed by atoms with E-state index in [0.717, 1.165) is 12.8 Å². The summed E-state index contributed by atoms with van der Waals surface area (Å²) in [5.74, 6) is 0.0378. The number of nitrogens with one attached hydrogen (secondary N) is 3. The number of benzene rings is 3. The van der Waals surface area contributed by atoms with Gasteiger partial charge in [0.1, 0.15) is 16.4 Å². The zero-order chi connectivity index (χ0) is 26.8. The summed E-state index contributed by atoms with van der Waals surface area (Å²) in [6.45, 7) is 4.06. The van der Waals surface area contributed by atoms with E-state index in [-0.39, 0.29) is 28.9 Å². The Labute approximate surface area is 218 Å². The Bertz CT molecular complexity index is 1330. The van der Waals surface area contributed by atoms with Gasteiger partial charge in [-0.15, -0.1) is 0 Å². The molecule has 0 aliphatic heterocycles. The van der Waals surface area contributed by atoms with E-state index in [1.54, 1.807) is 54.6 Å². The average Bonchev–Trinajstić information content (AvgIpc) is 2.88. The van der Waals surface area contributed by atoms with Gasteiger partial charge in [0.25, 0.3) is 0 Å². The molecule has 3 rings (SSSR count). The van der Waals surface area contributed by atoms with E-state index < -0.39 is 16.1 Å². The standard InChI is InChI=1S/C28H33N3O5S/c1-4-5-16-29-28(33)30-24-13-9-12-22(18-24)23-14-15-26(36-3)27(19-23)37(34,35)31-25(17-20(2)32)21-10-7-6-8-11-21/h6-15,18-19,25,31H,4-5,16-17H2,1-3H3,(H2,29,30,33)/t25-/m1/s1. The minimum atomic E-state index is -4.08. The number of sulfonamides is 1. The fourth-order valence-electron chi connectivity index (χ4n) is 3.85. The molecule has 0 radical (unpaired) electrons. The first-order valence-electron chi connectivity index (χ1n) is 12.1. The van der Waals surface area contributed by atoms with Crippen molar-refractivity contribution in [1.82, 2.24) is 10.0 Å². The van der Waals surface area contributed by atoms with Crippen molar-refractivity contribution in [3.05, 3.63) is 78.4 Å². The van der Waals surface area contributed by atoms with Gasteiger partial charge >= 0.3 is 6.03 Å². The van der Waals surface area contributed by atoms with Crippen LogP contribution in [0.15, 0.2) is 77.7 Å². The zero-order valence-electron chi connectivity index (χ0n) is 21.3. The van der Waals surface area contributed by atoms with Gasteiger partial charge in [0, 0.05) is 18.7 Å². The minimum Gasteiger partial charge on any atom is -0.495 e. The minimum absolute atomic E-state index is 0.0132. The monoisotopic (exact) mass is 523 g/mol. The second-order valence-corrected chi connectivity index (χ2v) is 10.4. The van der Waals surface area contributed by atoms with Gasteiger partial charge in [0.15, 0.2) is 0 Å². The van der Waals surface area contributed by atoms with Crippen molar-refractivity contribution in [3.63, 3.8) is 0 Å². The number of ether oxygens (including phenoxy) is 1. The molecule has 0 spiro atoms. The van der Waals surface area contributed by atoms with Gasteiger partial charge in [0.05, 0.1) is 13.2 Å². The highest BCUT2D eigenvalue weighted by Gasteiger charge is 2.26. The van der Waals surface area contributed by atoms with Crippen molar-refractivity contribution in [1.29, 1.82) is 0 Å². The number of hydrogen-bond acceptors (Lipinski definition) is 5. The molecule has 3 N–H and O–H groups in total. The van der Waals surface area contributed by atoms with Crippen LogP contribution in [-0.2, 0) is 14.8 Å². The molecule has 0 aliphatic rings. The zero-order valence-corrected chi connectivity index (χ0v) is 22.1. The predicted octanol–water partition coefficient (Wildman–Crippen LogP) is 5.28. The van der Waals surface area contributed by atoms with Crippen molar-refractivity contribution in [2.45, 2.75) is 44.0 Å². The molecule has 3 aromatic carbocycles. The molecule has 0 fully saturated rings. The van der Waals surface area contributed by atoms with Crippen LogP contribution in [0.3, 0.4) is 0 Å². The van der Waals surface area contributed by atoms with Gasteiger partial charge in [0.2, 0.25) is 10.0 Å². The Balaban J connectivity index is 1.91. The SMILES string of the molecule is CCCCNC(=O)Nc1cccc(-c2ccc(OC)c(S(=O)(=O)N[C@H](CC(C)=O)c3ccccc3)c2)c1. The third-order valence-electron chi connectivity index (χ3n) is 5.71. The number of methoxy groups -OCH3 is 1. The van der Waals surface area contributed by atoms with Gasteiger partial charge < -0.3 is 15.4 Å². The van der Waals surface area contributed by atoms with Crippen molar-refractivity contribution >= 4 is 27.5 Å². The average molecular weight is 524 g/mol. The quantitative estimate of drug-likeness (QED) is 0.280. The summed E-state index contributed by atoms with van der Waals surface area (Å²) in [5.41, 5.74) is 2.61. The first-order valence-corrected chi connectivity index (χ1v) is 13.6. The molecule has 0 heterocycles. The topological polar surface area (TPSA) is 114 Å². The summed E-state index contributed by atoms with van der Waals surface area (Å²) in [5, 5.41) is 5.61. The third-order valence-corrected chi connectivity index (χ3v) is 7.21. The molecule has 37 heavy (non-hydrogen) atoms. The Hall–Kier alpha value is -3.69. The van der Waals surface area contributed by atoms with E-state index in [1.807, 2.05) is 19.1 Å². The summed E-state index contributed by atoms with van der Waals surface area (Å²) < 4.78 is 35.1. The number of ketones is 1. The number of anilines is 1. The highest BCUT2D eigenvalue weighted by molar-refractivity contribution is 7.89. The fourth-order valence-corrected chi connectivity index (χ4v) is 5.27. The summed E-state index contributed by atoms with van der Waals surface area (Å²) in [6.07, 6.45) is 1.88. The first-order chi connectivity index (χ1) is 17.7. The van der Waals surface area contributed by atoms with Gasteiger partial charge in [-0.3, -0.25) is 4.79 Å². The fraction of sp³-hybridized carbons (Fsp3) is 0.286. The van der Waals surface area contributed by atoms with Crippen molar-refractivity contribution < 1.29 is 22.7 Å². The largest absolute Gasteiger partial charge is 0.495 e. The molecule has 3 aromatic rings. The van der Waals surface area contributed by atoms with Crippen LogP contribution in [0.2, 0.25) is 0 Å². The maximum atomic E-state index is 13.5. The molecule has 0 saturated heterocycles. The highest BCUT2D eigenvalue weighted by atomic mass is 32.2. The Morgan fingerprint density at radius 3 is 2.35 bits per heavy atom. The molecular formula is C28H33N3O5S. The number of carbonyl (C=O) groups is 2. The summed E-state index contributed by atoms with van der Waals surface area (Å²) in [6, 6.07) is 20.0. The number of Topliss-reactive ketones (excluding diaryl/α,β-unsaturated/α-hetero) is 1. The third kappa shape index (κ3) is 7.90. The van der Waals surface area contributed by atoms with Gasteiger partial charge in [-0.05, 0) is 54.3 Å². The summed E-state index contributed by atoms with van der Waals surface area (Å²) in [7, 11) is -2.67. The maximum Gasteiger partial charge on any atom is 0.319 e. The predicted molar refractivity (Wildman–Crippen MR) is 145 cm³/mol. The molecule has 2 amide bonds. The second kappa shape index (κ2) is 13.0. The molecule has 1 atom stereocenters. The molecular weight excluding hydrogens is 490 g/mol. The molecule has 0 aromatic heterocycles. The number of unbranched alkanes of at least 4 members (excludes halogenated alkanes) is 1. The molecule has 196 valence electrons. The second-order valence-electron chi connectivity index (χ2n) is 8.67. The normalized spacial score (nSPS) is 12.0. The molecule has 0 aliphatic carbocycles. The van der Waals surface area contributed by atoms with Crippen LogP contribution in [0.4, 0.5) is 10.5 Å². The first kappa shape index (κ1) is 27.9. The van der Waals surface area contributed by atoms with Crippen LogP contribution in [0, 0.1) is 0 Å². The summed E-state index contributed by atoms with van der Waals surface area (Å²) in [4.78, 5) is 24.0.